The van der Waals surface area contributed by atoms with Crippen LogP contribution >= 0.6 is 22.9 Å². The first kappa shape index (κ1) is 24.4. The van der Waals surface area contributed by atoms with Crippen molar-refractivity contribution >= 4 is 45.7 Å². The van der Waals surface area contributed by atoms with E-state index in [-0.39, 0.29) is 22.1 Å². The largest absolute Gasteiger partial charge is 0.493 e. The second kappa shape index (κ2) is 11.0. The number of benzene rings is 1. The van der Waals surface area contributed by atoms with Crippen LogP contribution in [0.4, 0.5) is 5.00 Å². The highest BCUT2D eigenvalue weighted by atomic mass is 35.5. The van der Waals surface area contributed by atoms with Gasteiger partial charge in [-0.1, -0.05) is 18.0 Å². The molecule has 2 aromatic rings. The lowest BCUT2D eigenvalue weighted by Gasteiger charge is -2.13. The van der Waals surface area contributed by atoms with Gasteiger partial charge < -0.3 is 25.3 Å². The first-order valence-electron chi connectivity index (χ1n) is 10.1. The van der Waals surface area contributed by atoms with Crippen molar-refractivity contribution in [2.24, 2.45) is 5.73 Å². The maximum Gasteiger partial charge on any atom is 0.338 e. The highest BCUT2D eigenvalue weighted by Gasteiger charge is 2.22. The Labute approximate surface area is 199 Å². The van der Waals surface area contributed by atoms with Gasteiger partial charge in [-0.05, 0) is 43.4 Å². The Balaban J connectivity index is 1.65. The lowest BCUT2D eigenvalue weighted by Crippen LogP contribution is -2.21. The molecular formula is C22H22ClN3O6S. The van der Waals surface area contributed by atoms with Gasteiger partial charge in [0.25, 0.3) is 11.8 Å². The van der Waals surface area contributed by atoms with E-state index in [1.165, 1.54) is 30.6 Å². The first-order valence-corrected chi connectivity index (χ1v) is 11.3. The number of fused-ring (bicyclic) bond motifs is 1. The molecule has 0 spiro atoms. The number of rotatable bonds is 8. The van der Waals surface area contributed by atoms with Gasteiger partial charge in [0.2, 0.25) is 0 Å². The van der Waals surface area contributed by atoms with Crippen LogP contribution in [-0.2, 0) is 27.2 Å². The van der Waals surface area contributed by atoms with E-state index >= 15 is 0 Å². The van der Waals surface area contributed by atoms with Gasteiger partial charge in [-0.25, -0.2) is 4.79 Å². The monoisotopic (exact) mass is 491 g/mol. The third kappa shape index (κ3) is 5.94. The molecule has 0 saturated carbocycles. The quantitative estimate of drug-likeness (QED) is 0.426. The molecule has 0 saturated heterocycles. The predicted molar refractivity (Wildman–Crippen MR) is 122 cm³/mol. The summed E-state index contributed by atoms with van der Waals surface area (Å²) in [6.45, 7) is -0.969. The Morgan fingerprint density at radius 3 is 2.67 bits per heavy atom. The third-order valence-electron chi connectivity index (χ3n) is 4.94. The van der Waals surface area contributed by atoms with Crippen LogP contribution < -0.4 is 20.5 Å². The third-order valence-corrected chi connectivity index (χ3v) is 6.43. The fourth-order valence-electron chi connectivity index (χ4n) is 3.45. The summed E-state index contributed by atoms with van der Waals surface area (Å²) in [5.74, 6) is -1.93. The van der Waals surface area contributed by atoms with E-state index in [1.807, 2.05) is 0 Å². The molecule has 1 aliphatic carbocycles. The van der Waals surface area contributed by atoms with Crippen LogP contribution in [0.2, 0.25) is 5.02 Å². The lowest BCUT2D eigenvalue weighted by atomic mass is 10.1. The molecule has 2 amide bonds. The number of carbonyl (C=O) groups excluding carboxylic acids is 3. The molecule has 11 heteroatoms. The van der Waals surface area contributed by atoms with Crippen molar-refractivity contribution in [3.63, 3.8) is 0 Å². The fraction of sp³-hybridized carbons (Fsp3) is 0.364. The molecular weight excluding hydrogens is 470 g/mol. The van der Waals surface area contributed by atoms with E-state index in [4.69, 9.17) is 31.5 Å². The molecule has 1 aromatic carbocycles. The van der Waals surface area contributed by atoms with Gasteiger partial charge in [0.05, 0.1) is 23.3 Å². The number of hydrogen-bond donors (Lipinski definition) is 2. The van der Waals surface area contributed by atoms with Crippen molar-refractivity contribution in [2.45, 2.75) is 32.1 Å². The topological polar surface area (TPSA) is 141 Å². The number of esters is 1. The fourth-order valence-corrected chi connectivity index (χ4v) is 4.97. The summed E-state index contributed by atoms with van der Waals surface area (Å²) in [6, 6.07) is 4.77. The van der Waals surface area contributed by atoms with Crippen molar-refractivity contribution in [1.29, 1.82) is 5.26 Å². The number of halogens is 1. The zero-order chi connectivity index (χ0) is 24.0. The molecule has 9 nitrogen and oxygen atoms in total. The van der Waals surface area contributed by atoms with Gasteiger partial charge in [0.15, 0.2) is 24.7 Å². The van der Waals surface area contributed by atoms with E-state index < -0.39 is 31.0 Å². The SMILES string of the molecule is COc1cc(C(=O)OCC(=O)Nc2sc3c(c2C#N)CCCCC3)cc(Cl)c1OCC(N)=O. The van der Waals surface area contributed by atoms with Crippen molar-refractivity contribution in [3.8, 4) is 17.6 Å². The normalized spacial score (nSPS) is 12.6. The number of nitrogens with two attached hydrogens (primary N) is 1. The number of nitrogens with one attached hydrogen (secondary N) is 1. The van der Waals surface area contributed by atoms with Crippen molar-refractivity contribution < 1.29 is 28.6 Å². The molecule has 1 heterocycles. The number of nitriles is 1. The van der Waals surface area contributed by atoms with Gasteiger partial charge in [-0.3, -0.25) is 9.59 Å². The van der Waals surface area contributed by atoms with E-state index in [9.17, 15) is 19.6 Å². The number of amides is 2. The molecule has 1 aliphatic rings. The summed E-state index contributed by atoms with van der Waals surface area (Å²) in [5, 5.41) is 12.7. The van der Waals surface area contributed by atoms with Gasteiger partial charge in [0, 0.05) is 4.88 Å². The summed E-state index contributed by atoms with van der Waals surface area (Å²) in [6.07, 6.45) is 4.91. The Morgan fingerprint density at radius 1 is 1.21 bits per heavy atom. The lowest BCUT2D eigenvalue weighted by molar-refractivity contribution is -0.120. The maximum absolute atomic E-state index is 12.4. The van der Waals surface area contributed by atoms with Crippen LogP contribution in [0.5, 0.6) is 11.5 Å². The zero-order valence-electron chi connectivity index (χ0n) is 17.9. The predicted octanol–water partition coefficient (Wildman–Crippen LogP) is 3.21. The van der Waals surface area contributed by atoms with Crippen LogP contribution in [0.1, 0.15) is 45.6 Å². The summed E-state index contributed by atoms with van der Waals surface area (Å²) >= 11 is 7.53. The summed E-state index contributed by atoms with van der Waals surface area (Å²) in [7, 11) is 1.33. The number of aryl methyl sites for hydroxylation is 1. The summed E-state index contributed by atoms with van der Waals surface area (Å²) in [4.78, 5) is 36.9. The second-order valence-corrected chi connectivity index (χ2v) is 8.76. The number of nitrogens with zero attached hydrogens (tertiary/aromatic N) is 1. The molecule has 33 heavy (non-hydrogen) atoms. The summed E-state index contributed by atoms with van der Waals surface area (Å²) < 4.78 is 15.5. The van der Waals surface area contributed by atoms with E-state index in [0.29, 0.717) is 10.6 Å². The molecule has 3 rings (SSSR count). The number of anilines is 1. The highest BCUT2D eigenvalue weighted by molar-refractivity contribution is 7.16. The van der Waals surface area contributed by atoms with Crippen LogP contribution in [0.3, 0.4) is 0 Å². The van der Waals surface area contributed by atoms with Crippen molar-refractivity contribution in [1.82, 2.24) is 0 Å². The van der Waals surface area contributed by atoms with Crippen LogP contribution in [-0.4, -0.2) is 38.1 Å². The summed E-state index contributed by atoms with van der Waals surface area (Å²) in [5.41, 5.74) is 6.58. The first-order chi connectivity index (χ1) is 15.8. The van der Waals surface area contributed by atoms with Gasteiger partial charge in [0.1, 0.15) is 11.1 Å². The highest BCUT2D eigenvalue weighted by Crippen LogP contribution is 2.38. The number of primary amides is 1. The number of hydrogen-bond acceptors (Lipinski definition) is 8. The van der Waals surface area contributed by atoms with Crippen LogP contribution in [0.25, 0.3) is 0 Å². The molecule has 0 unspecified atom stereocenters. The van der Waals surface area contributed by atoms with Crippen molar-refractivity contribution in [3.05, 3.63) is 38.7 Å². The smallest absolute Gasteiger partial charge is 0.338 e. The minimum Gasteiger partial charge on any atom is -0.493 e. The van der Waals surface area contributed by atoms with E-state index in [0.717, 1.165) is 42.5 Å². The Hall–Kier alpha value is -3.29. The molecule has 0 radical (unpaired) electrons. The molecule has 0 fully saturated rings. The standard InChI is InChI=1S/C22H22ClN3O6S/c1-30-16-8-12(7-15(23)20(16)31-10-18(25)27)22(29)32-11-19(28)26-21-14(9-24)13-5-3-2-4-6-17(13)33-21/h7-8H,2-6,10-11H2,1H3,(H2,25,27)(H,26,28). The van der Waals surface area contributed by atoms with E-state index in [1.54, 1.807) is 0 Å². The minimum absolute atomic E-state index is 0.00532. The molecule has 1 aromatic heterocycles. The zero-order valence-corrected chi connectivity index (χ0v) is 19.4. The molecule has 0 atom stereocenters. The van der Waals surface area contributed by atoms with Gasteiger partial charge >= 0.3 is 5.97 Å². The minimum atomic E-state index is -0.811. The number of methoxy groups -OCH3 is 1. The molecule has 0 bridgehead atoms. The Morgan fingerprint density at radius 2 is 1.97 bits per heavy atom. The van der Waals surface area contributed by atoms with E-state index in [2.05, 4.69) is 11.4 Å². The molecule has 0 aliphatic heterocycles. The van der Waals surface area contributed by atoms with Crippen LogP contribution in [0, 0.1) is 11.3 Å². The Bertz CT molecular complexity index is 1120. The number of carbonyl (C=O) groups is 3. The van der Waals surface area contributed by atoms with Crippen LogP contribution in [0.15, 0.2) is 12.1 Å². The second-order valence-electron chi connectivity index (χ2n) is 7.25. The Kier molecular flexibility index (Phi) is 8.14. The number of ether oxygens (including phenoxy) is 3. The number of thiophene rings is 1. The average Bonchev–Trinajstić information content (AvgIpc) is 2.94. The van der Waals surface area contributed by atoms with Gasteiger partial charge in [-0.2, -0.15) is 5.26 Å². The molecule has 174 valence electrons. The van der Waals surface area contributed by atoms with Crippen molar-refractivity contribution in [2.75, 3.05) is 25.6 Å². The van der Waals surface area contributed by atoms with Gasteiger partial charge in [-0.15, -0.1) is 11.3 Å². The molecule has 3 N–H and O–H groups in total. The maximum atomic E-state index is 12.4. The average molecular weight is 492 g/mol.